The molecule has 156 valence electrons. The zero-order valence-electron chi connectivity index (χ0n) is 17.6. The van der Waals surface area contributed by atoms with Gasteiger partial charge in [0.25, 0.3) is 0 Å². The van der Waals surface area contributed by atoms with Gasteiger partial charge in [-0.2, -0.15) is 0 Å². The van der Waals surface area contributed by atoms with Crippen molar-refractivity contribution in [2.24, 2.45) is 11.3 Å². The van der Waals surface area contributed by atoms with Crippen LogP contribution in [0.1, 0.15) is 40.0 Å². The van der Waals surface area contributed by atoms with Crippen LogP contribution < -0.4 is 10.2 Å². The fraction of sp³-hybridized carbons (Fsp3) is 0.591. The number of piperazine rings is 1. The number of anilines is 1. The van der Waals surface area contributed by atoms with E-state index in [0.29, 0.717) is 24.4 Å². The average Bonchev–Trinajstić information content (AvgIpc) is 3.31. The van der Waals surface area contributed by atoms with E-state index in [0.717, 1.165) is 42.8 Å². The molecule has 0 radical (unpaired) electrons. The predicted molar refractivity (Wildman–Crippen MR) is 114 cm³/mol. The summed E-state index contributed by atoms with van der Waals surface area (Å²) in [6.45, 7) is 9.80. The smallest absolute Gasteiger partial charge is 0.327 e. The number of hydrogen-bond donors (Lipinski definition) is 1. The van der Waals surface area contributed by atoms with Gasteiger partial charge in [0.1, 0.15) is 11.8 Å². The van der Waals surface area contributed by atoms with E-state index in [9.17, 15) is 9.59 Å². The van der Waals surface area contributed by atoms with E-state index >= 15 is 0 Å². The van der Waals surface area contributed by atoms with E-state index in [2.05, 4.69) is 29.0 Å². The number of carbonyl (C=O) groups excluding carboxylic acids is 2. The van der Waals surface area contributed by atoms with E-state index < -0.39 is 0 Å². The molecule has 1 aromatic heterocycles. The number of para-hydroxylation sites is 1. The lowest BCUT2D eigenvalue weighted by Gasteiger charge is -2.35. The maximum Gasteiger partial charge on any atom is 0.327 e. The van der Waals surface area contributed by atoms with Crippen LogP contribution in [0.2, 0.25) is 0 Å². The van der Waals surface area contributed by atoms with Crippen molar-refractivity contribution >= 4 is 28.7 Å². The highest BCUT2D eigenvalue weighted by atomic mass is 16.2. The number of imidazole rings is 1. The van der Waals surface area contributed by atoms with Crippen LogP contribution in [0.4, 0.5) is 10.5 Å². The number of carbonyl (C=O) groups is 2. The van der Waals surface area contributed by atoms with Crippen LogP contribution in [0.15, 0.2) is 24.5 Å². The fourth-order valence-corrected chi connectivity index (χ4v) is 4.55. The van der Waals surface area contributed by atoms with Gasteiger partial charge in [0.15, 0.2) is 0 Å². The molecule has 2 heterocycles. The minimum atomic E-state index is -0.110. The molecule has 7 nitrogen and oxygen atoms in total. The maximum atomic E-state index is 12.8. The zero-order chi connectivity index (χ0) is 20.6. The number of nitrogens with one attached hydrogen (secondary N) is 1. The van der Waals surface area contributed by atoms with Crippen molar-refractivity contribution in [3.8, 4) is 0 Å². The van der Waals surface area contributed by atoms with Crippen molar-refractivity contribution in [2.75, 3.05) is 37.6 Å². The van der Waals surface area contributed by atoms with Crippen LogP contribution in [0, 0.1) is 11.3 Å². The quantitative estimate of drug-likeness (QED) is 0.842. The molecule has 0 atom stereocenters. The van der Waals surface area contributed by atoms with Crippen molar-refractivity contribution in [3.63, 3.8) is 0 Å². The molecule has 2 aromatic rings. The van der Waals surface area contributed by atoms with Gasteiger partial charge >= 0.3 is 6.03 Å². The number of amides is 2. The third-order valence-electron chi connectivity index (χ3n) is 6.25. The molecule has 2 fully saturated rings. The minimum absolute atomic E-state index is 0.110. The molecule has 2 aliphatic rings. The first kappa shape index (κ1) is 19.7. The van der Waals surface area contributed by atoms with Crippen molar-refractivity contribution in [3.05, 3.63) is 24.5 Å². The molecule has 1 aliphatic carbocycles. The molecule has 1 saturated heterocycles. The Labute approximate surface area is 172 Å². The predicted octanol–water partition coefficient (Wildman–Crippen LogP) is 3.09. The number of nitrogens with zero attached hydrogens (tertiary/aromatic N) is 4. The van der Waals surface area contributed by atoms with Gasteiger partial charge in [-0.1, -0.05) is 19.9 Å². The van der Waals surface area contributed by atoms with Crippen LogP contribution in [0.25, 0.3) is 11.0 Å². The number of hydrogen-bond acceptors (Lipinski definition) is 4. The first-order chi connectivity index (χ1) is 13.9. The second-order valence-electron chi connectivity index (χ2n) is 9.01. The van der Waals surface area contributed by atoms with Gasteiger partial charge < -0.3 is 15.1 Å². The number of benzene rings is 1. The van der Waals surface area contributed by atoms with Gasteiger partial charge in [-0.15, -0.1) is 0 Å². The number of aromatic nitrogens is 2. The third-order valence-corrected chi connectivity index (χ3v) is 6.25. The van der Waals surface area contributed by atoms with Gasteiger partial charge in [0, 0.05) is 39.6 Å². The van der Waals surface area contributed by atoms with Crippen molar-refractivity contribution in [2.45, 2.75) is 40.0 Å². The number of fused-ring (bicyclic) bond motifs is 1. The van der Waals surface area contributed by atoms with E-state index in [1.807, 2.05) is 23.1 Å². The lowest BCUT2D eigenvalue weighted by atomic mass is 9.94. The lowest BCUT2D eigenvalue weighted by molar-refractivity contribution is -0.129. The van der Waals surface area contributed by atoms with Gasteiger partial charge in [-0.3, -0.25) is 9.36 Å². The topological polar surface area (TPSA) is 70.5 Å². The summed E-state index contributed by atoms with van der Waals surface area (Å²) >= 11 is 0. The molecule has 1 N–H and O–H groups in total. The minimum Gasteiger partial charge on any atom is -0.366 e. The van der Waals surface area contributed by atoms with Gasteiger partial charge in [-0.25, -0.2) is 9.78 Å². The third kappa shape index (κ3) is 4.09. The van der Waals surface area contributed by atoms with E-state index in [1.54, 1.807) is 17.8 Å². The highest BCUT2D eigenvalue weighted by Crippen LogP contribution is 2.50. The average molecular weight is 398 g/mol. The SMILES string of the molecule is CC(=O)N1CCN(c2cccc3c2ncn3C(=O)NCC2(CC(C)C)CC2)CC1. The zero-order valence-corrected chi connectivity index (χ0v) is 17.6. The Morgan fingerprint density at radius 2 is 1.90 bits per heavy atom. The Morgan fingerprint density at radius 3 is 2.52 bits per heavy atom. The summed E-state index contributed by atoms with van der Waals surface area (Å²) in [5.41, 5.74) is 2.97. The van der Waals surface area contributed by atoms with Crippen LogP contribution in [-0.4, -0.2) is 59.1 Å². The monoisotopic (exact) mass is 397 g/mol. The molecule has 29 heavy (non-hydrogen) atoms. The molecule has 1 aromatic carbocycles. The summed E-state index contributed by atoms with van der Waals surface area (Å²) in [5, 5.41) is 3.13. The van der Waals surface area contributed by atoms with Gasteiger partial charge in [0.05, 0.1) is 11.2 Å². The Kier molecular flexibility index (Phi) is 5.23. The molecule has 2 amide bonds. The summed E-state index contributed by atoms with van der Waals surface area (Å²) in [7, 11) is 0. The molecule has 0 bridgehead atoms. The molecular weight excluding hydrogens is 366 g/mol. The van der Waals surface area contributed by atoms with Gasteiger partial charge in [-0.05, 0) is 42.7 Å². The number of rotatable bonds is 5. The second kappa shape index (κ2) is 7.69. The Hall–Kier alpha value is -2.57. The van der Waals surface area contributed by atoms with Crippen LogP contribution in [-0.2, 0) is 4.79 Å². The van der Waals surface area contributed by atoms with Crippen LogP contribution >= 0.6 is 0 Å². The summed E-state index contributed by atoms with van der Waals surface area (Å²) < 4.78 is 1.62. The second-order valence-corrected chi connectivity index (χ2v) is 9.01. The molecule has 7 heteroatoms. The van der Waals surface area contributed by atoms with Crippen LogP contribution in [0.5, 0.6) is 0 Å². The summed E-state index contributed by atoms with van der Waals surface area (Å²) in [4.78, 5) is 33.1. The first-order valence-corrected chi connectivity index (χ1v) is 10.6. The Morgan fingerprint density at radius 1 is 1.17 bits per heavy atom. The lowest BCUT2D eigenvalue weighted by Crippen LogP contribution is -2.48. The summed E-state index contributed by atoms with van der Waals surface area (Å²) in [5.74, 6) is 0.768. The Bertz CT molecular complexity index is 907. The summed E-state index contributed by atoms with van der Waals surface area (Å²) in [6, 6.07) is 5.85. The highest BCUT2D eigenvalue weighted by Gasteiger charge is 2.42. The van der Waals surface area contributed by atoms with E-state index in [4.69, 9.17) is 0 Å². The van der Waals surface area contributed by atoms with E-state index in [1.165, 1.54) is 12.8 Å². The molecule has 0 spiro atoms. The maximum absolute atomic E-state index is 12.8. The van der Waals surface area contributed by atoms with E-state index in [-0.39, 0.29) is 11.9 Å². The largest absolute Gasteiger partial charge is 0.366 e. The fourth-order valence-electron chi connectivity index (χ4n) is 4.55. The molecular formula is C22H31N5O2. The molecule has 4 rings (SSSR count). The molecule has 1 aliphatic heterocycles. The first-order valence-electron chi connectivity index (χ1n) is 10.6. The summed E-state index contributed by atoms with van der Waals surface area (Å²) in [6.07, 6.45) is 5.19. The van der Waals surface area contributed by atoms with Crippen molar-refractivity contribution < 1.29 is 9.59 Å². The Balaban J connectivity index is 1.48. The standard InChI is InChI=1S/C22H31N5O2/c1-16(2)13-22(7-8-22)14-23-21(29)27-15-24-20-18(5-4-6-19(20)27)26-11-9-25(10-12-26)17(3)28/h4-6,15-16H,7-14H2,1-3H3,(H,23,29). The van der Waals surface area contributed by atoms with Crippen molar-refractivity contribution in [1.82, 2.24) is 19.8 Å². The molecule has 0 unspecified atom stereocenters. The van der Waals surface area contributed by atoms with Crippen LogP contribution in [0.3, 0.4) is 0 Å². The molecule has 1 saturated carbocycles. The normalized spacial score (nSPS) is 18.3. The highest BCUT2D eigenvalue weighted by molar-refractivity contribution is 5.95. The van der Waals surface area contributed by atoms with Gasteiger partial charge in [0.2, 0.25) is 5.91 Å². The van der Waals surface area contributed by atoms with Crippen molar-refractivity contribution in [1.29, 1.82) is 0 Å².